The number of nitrogens with zero attached hydrogens (tertiary/aromatic N) is 2. The molecule has 2 aliphatic rings. The van der Waals surface area contributed by atoms with E-state index in [0.717, 1.165) is 50.6 Å². The number of ether oxygens (including phenoxy) is 2. The second kappa shape index (κ2) is 10.3. The minimum atomic E-state index is 0.188. The SMILES string of the molecule is COc1cc(C)c(CN2CCN(CC(=O)N[C@H]3CCCC[C@@H]3C)CC2)cc1OC. The summed E-state index contributed by atoms with van der Waals surface area (Å²) in [6.45, 7) is 9.60. The van der Waals surface area contributed by atoms with Crippen LogP contribution in [0.2, 0.25) is 0 Å². The van der Waals surface area contributed by atoms with Crippen LogP contribution in [0.25, 0.3) is 0 Å². The lowest BCUT2D eigenvalue weighted by molar-refractivity contribution is -0.124. The molecule has 1 saturated carbocycles. The molecule has 0 radical (unpaired) electrons. The van der Waals surface area contributed by atoms with Crippen LogP contribution in [-0.2, 0) is 11.3 Å². The fraction of sp³-hybridized carbons (Fsp3) is 0.696. The first kappa shape index (κ1) is 21.9. The number of carbonyl (C=O) groups is 1. The number of piperazine rings is 1. The van der Waals surface area contributed by atoms with Crippen LogP contribution in [0.5, 0.6) is 11.5 Å². The quantitative estimate of drug-likeness (QED) is 0.759. The summed E-state index contributed by atoms with van der Waals surface area (Å²) in [6.07, 6.45) is 4.91. The molecular weight excluding hydrogens is 366 g/mol. The van der Waals surface area contributed by atoms with Crippen LogP contribution in [0, 0.1) is 12.8 Å². The highest BCUT2D eigenvalue weighted by atomic mass is 16.5. The third kappa shape index (κ3) is 5.86. The molecule has 1 aliphatic carbocycles. The van der Waals surface area contributed by atoms with E-state index in [9.17, 15) is 4.79 Å². The highest BCUT2D eigenvalue weighted by Crippen LogP contribution is 2.31. The van der Waals surface area contributed by atoms with E-state index in [4.69, 9.17) is 9.47 Å². The molecule has 6 nitrogen and oxygen atoms in total. The van der Waals surface area contributed by atoms with Gasteiger partial charge in [-0.2, -0.15) is 0 Å². The topological polar surface area (TPSA) is 54.0 Å². The summed E-state index contributed by atoms with van der Waals surface area (Å²) in [5, 5.41) is 3.28. The largest absolute Gasteiger partial charge is 0.493 e. The zero-order valence-electron chi connectivity index (χ0n) is 18.5. The first-order valence-corrected chi connectivity index (χ1v) is 11.0. The van der Waals surface area contributed by atoms with E-state index < -0.39 is 0 Å². The molecule has 0 bridgehead atoms. The van der Waals surface area contributed by atoms with Gasteiger partial charge < -0.3 is 14.8 Å². The van der Waals surface area contributed by atoms with Gasteiger partial charge in [-0.3, -0.25) is 14.6 Å². The Morgan fingerprint density at radius 3 is 2.31 bits per heavy atom. The van der Waals surface area contributed by atoms with E-state index >= 15 is 0 Å². The van der Waals surface area contributed by atoms with Crippen molar-refractivity contribution < 1.29 is 14.3 Å². The molecule has 1 N–H and O–H groups in total. The molecule has 3 rings (SSSR count). The highest BCUT2D eigenvalue weighted by molar-refractivity contribution is 5.78. The van der Waals surface area contributed by atoms with Crippen LogP contribution in [0.3, 0.4) is 0 Å². The zero-order valence-corrected chi connectivity index (χ0v) is 18.5. The van der Waals surface area contributed by atoms with Gasteiger partial charge in [0.25, 0.3) is 0 Å². The molecule has 0 aromatic heterocycles. The predicted molar refractivity (Wildman–Crippen MR) is 116 cm³/mol. The lowest BCUT2D eigenvalue weighted by atomic mass is 9.86. The first-order valence-electron chi connectivity index (χ1n) is 11.0. The molecule has 6 heteroatoms. The van der Waals surface area contributed by atoms with Gasteiger partial charge in [-0.05, 0) is 48.9 Å². The maximum absolute atomic E-state index is 12.5. The highest BCUT2D eigenvalue weighted by Gasteiger charge is 2.25. The van der Waals surface area contributed by atoms with E-state index in [1.165, 1.54) is 30.4 Å². The van der Waals surface area contributed by atoms with Crippen LogP contribution in [-0.4, -0.2) is 68.7 Å². The van der Waals surface area contributed by atoms with Crippen molar-refractivity contribution in [3.8, 4) is 11.5 Å². The smallest absolute Gasteiger partial charge is 0.234 e. The van der Waals surface area contributed by atoms with Gasteiger partial charge in [0.05, 0.1) is 20.8 Å². The van der Waals surface area contributed by atoms with Gasteiger partial charge in [0.15, 0.2) is 11.5 Å². The van der Waals surface area contributed by atoms with Crippen LogP contribution in [0.4, 0.5) is 0 Å². The zero-order chi connectivity index (χ0) is 20.8. The van der Waals surface area contributed by atoms with Crippen molar-refractivity contribution in [3.63, 3.8) is 0 Å². The average Bonchev–Trinajstić information content (AvgIpc) is 2.72. The standard InChI is InChI=1S/C23H37N3O3/c1-17-7-5-6-8-20(17)24-23(27)16-26-11-9-25(10-12-26)15-19-14-22(29-4)21(28-3)13-18(19)2/h13-14,17,20H,5-12,15-16H2,1-4H3,(H,24,27)/t17-,20-/m0/s1. The molecular formula is C23H37N3O3. The third-order valence-electron chi connectivity index (χ3n) is 6.53. The van der Waals surface area contributed by atoms with Gasteiger partial charge in [0.1, 0.15) is 0 Å². The van der Waals surface area contributed by atoms with Gasteiger partial charge in [0, 0.05) is 38.8 Å². The van der Waals surface area contributed by atoms with E-state index in [-0.39, 0.29) is 5.91 Å². The van der Waals surface area contributed by atoms with Gasteiger partial charge in [-0.1, -0.05) is 19.8 Å². The number of methoxy groups -OCH3 is 2. The van der Waals surface area contributed by atoms with Crippen molar-refractivity contribution in [2.75, 3.05) is 46.9 Å². The maximum atomic E-state index is 12.5. The molecule has 1 heterocycles. The second-order valence-electron chi connectivity index (χ2n) is 8.62. The summed E-state index contributed by atoms with van der Waals surface area (Å²) in [7, 11) is 3.34. The van der Waals surface area contributed by atoms with Gasteiger partial charge in [0.2, 0.25) is 5.91 Å². The summed E-state index contributed by atoms with van der Waals surface area (Å²) in [5.41, 5.74) is 2.48. The Hall–Kier alpha value is -1.79. The maximum Gasteiger partial charge on any atom is 0.234 e. The van der Waals surface area contributed by atoms with Crippen molar-refractivity contribution in [2.45, 2.75) is 52.1 Å². The van der Waals surface area contributed by atoms with Crippen LogP contribution in [0.1, 0.15) is 43.7 Å². The minimum Gasteiger partial charge on any atom is -0.493 e. The van der Waals surface area contributed by atoms with Crippen molar-refractivity contribution in [1.82, 2.24) is 15.1 Å². The number of hydrogen-bond donors (Lipinski definition) is 1. The minimum absolute atomic E-state index is 0.188. The molecule has 1 aromatic rings. The Morgan fingerprint density at radius 2 is 1.66 bits per heavy atom. The molecule has 2 atom stereocenters. The summed E-state index contributed by atoms with van der Waals surface area (Å²) in [5.74, 6) is 2.35. The number of benzene rings is 1. The van der Waals surface area contributed by atoms with Crippen LogP contribution in [0.15, 0.2) is 12.1 Å². The Balaban J connectivity index is 1.46. The van der Waals surface area contributed by atoms with Gasteiger partial charge in [-0.25, -0.2) is 0 Å². The number of hydrogen-bond acceptors (Lipinski definition) is 5. The van der Waals surface area contributed by atoms with Crippen molar-refractivity contribution in [2.24, 2.45) is 5.92 Å². The molecule has 29 heavy (non-hydrogen) atoms. The lowest BCUT2D eigenvalue weighted by Gasteiger charge is -2.35. The molecule has 1 aromatic carbocycles. The fourth-order valence-corrected chi connectivity index (χ4v) is 4.53. The van der Waals surface area contributed by atoms with E-state index in [2.05, 4.69) is 35.0 Å². The number of carbonyl (C=O) groups excluding carboxylic acids is 1. The summed E-state index contributed by atoms with van der Waals surface area (Å²) in [6, 6.07) is 4.49. The Kier molecular flexibility index (Phi) is 7.78. The Morgan fingerprint density at radius 1 is 1.03 bits per heavy atom. The number of rotatable bonds is 7. The number of nitrogens with one attached hydrogen (secondary N) is 1. The van der Waals surface area contributed by atoms with E-state index in [1.807, 2.05) is 6.07 Å². The van der Waals surface area contributed by atoms with E-state index in [0.29, 0.717) is 18.5 Å². The normalized spacial score (nSPS) is 23.6. The first-order chi connectivity index (χ1) is 14.0. The van der Waals surface area contributed by atoms with Crippen molar-refractivity contribution >= 4 is 5.91 Å². The van der Waals surface area contributed by atoms with Crippen molar-refractivity contribution in [1.29, 1.82) is 0 Å². The summed E-state index contributed by atoms with van der Waals surface area (Å²) < 4.78 is 10.8. The molecule has 162 valence electrons. The van der Waals surface area contributed by atoms with Gasteiger partial charge >= 0.3 is 0 Å². The molecule has 0 unspecified atom stereocenters. The fourth-order valence-electron chi connectivity index (χ4n) is 4.53. The molecule has 1 saturated heterocycles. The van der Waals surface area contributed by atoms with Crippen molar-refractivity contribution in [3.05, 3.63) is 23.3 Å². The number of amides is 1. The lowest BCUT2D eigenvalue weighted by Crippen LogP contribution is -2.51. The van der Waals surface area contributed by atoms with Crippen LogP contribution < -0.4 is 14.8 Å². The predicted octanol–water partition coefficient (Wildman–Crippen LogP) is 2.82. The second-order valence-corrected chi connectivity index (χ2v) is 8.62. The molecule has 1 aliphatic heterocycles. The summed E-state index contributed by atoms with van der Waals surface area (Å²) >= 11 is 0. The van der Waals surface area contributed by atoms with Gasteiger partial charge in [-0.15, -0.1) is 0 Å². The average molecular weight is 404 g/mol. The van der Waals surface area contributed by atoms with E-state index in [1.54, 1.807) is 14.2 Å². The third-order valence-corrected chi connectivity index (χ3v) is 6.53. The Labute approximate surface area is 175 Å². The molecule has 2 fully saturated rings. The van der Waals surface area contributed by atoms with Crippen LogP contribution >= 0.6 is 0 Å². The Bertz CT molecular complexity index is 686. The molecule has 0 spiro atoms. The molecule has 1 amide bonds. The number of aryl methyl sites for hydroxylation is 1. The monoisotopic (exact) mass is 403 g/mol. The summed E-state index contributed by atoms with van der Waals surface area (Å²) in [4.78, 5) is 17.2.